The maximum atomic E-state index is 9.89. The monoisotopic (exact) mass is 613 g/mol. The van der Waals surface area contributed by atoms with E-state index in [1.807, 2.05) is 45.3 Å². The van der Waals surface area contributed by atoms with E-state index in [1.165, 1.54) is 22.5 Å². The van der Waals surface area contributed by atoms with Crippen LogP contribution in [0.5, 0.6) is 0 Å². The molecule has 4 heterocycles. The molecule has 4 rings (SSSR count). The van der Waals surface area contributed by atoms with Crippen LogP contribution in [0, 0.1) is 16.7 Å². The number of piperidine rings is 1. The largest absolute Gasteiger partial charge is 0.371 e. The van der Waals surface area contributed by atoms with Crippen molar-refractivity contribution in [1.82, 2.24) is 19.9 Å². The van der Waals surface area contributed by atoms with Crippen LogP contribution in [0.1, 0.15) is 65.0 Å². The number of nitrogens with one attached hydrogen (secondary N) is 1. The van der Waals surface area contributed by atoms with Crippen LogP contribution in [0.25, 0.3) is 27.2 Å². The van der Waals surface area contributed by atoms with Crippen molar-refractivity contribution < 1.29 is 32.7 Å². The molecular weight excluding hydrogens is 575 g/mol. The van der Waals surface area contributed by atoms with Crippen molar-refractivity contribution in [3.8, 4) is 16.8 Å². The Morgan fingerprint density at radius 3 is 2.51 bits per heavy atom. The number of aryl methyl sites for hydroxylation is 1. The average molecular weight is 614 g/mol. The van der Waals surface area contributed by atoms with E-state index in [2.05, 4.69) is 59.4 Å². The van der Waals surface area contributed by atoms with Crippen molar-refractivity contribution >= 4 is 27.8 Å². The summed E-state index contributed by atoms with van der Waals surface area (Å²) in [5, 5.41) is 14.9. The molecule has 1 N–H and O–H groups in total. The second-order valence-electron chi connectivity index (χ2n) is 8.79. The zero-order valence-corrected chi connectivity index (χ0v) is 27.6. The van der Waals surface area contributed by atoms with Gasteiger partial charge in [0.25, 0.3) is 0 Å². The number of pyridine rings is 1. The van der Waals surface area contributed by atoms with Crippen molar-refractivity contribution in [2.24, 2.45) is 0 Å². The fraction of sp³-hybridized carbons (Fsp3) is 0.344. The van der Waals surface area contributed by atoms with Gasteiger partial charge in [0.15, 0.2) is 0 Å². The Hall–Kier alpha value is -2.59. The number of thiazole rings is 1. The van der Waals surface area contributed by atoms with Gasteiger partial charge in [-0.2, -0.15) is 10.6 Å². The Labute approximate surface area is 263 Å². The number of likely N-dealkylation sites (tertiary alicyclic amines) is 1. The molecule has 1 radical (unpaired) electrons. The molecule has 1 fully saturated rings. The smallest absolute Gasteiger partial charge is 0.0997 e. The first-order valence-corrected chi connectivity index (χ1v) is 14.3. The molecule has 0 amide bonds. The molecule has 1 saturated heterocycles. The van der Waals surface area contributed by atoms with Gasteiger partial charge in [0.2, 0.25) is 0 Å². The molecule has 0 aliphatic carbocycles. The van der Waals surface area contributed by atoms with Crippen molar-refractivity contribution in [2.45, 2.75) is 60.3 Å². The number of aromatic amines is 1. The van der Waals surface area contributed by atoms with Crippen molar-refractivity contribution in [3.05, 3.63) is 88.9 Å². The fourth-order valence-corrected chi connectivity index (χ4v) is 5.40. The minimum atomic E-state index is 0. The van der Waals surface area contributed by atoms with Gasteiger partial charge < -0.3 is 26.2 Å². The second-order valence-corrected chi connectivity index (χ2v) is 9.62. The molecule has 0 unspecified atom stereocenters. The summed E-state index contributed by atoms with van der Waals surface area (Å²) in [6.07, 6.45) is 15.3. The summed E-state index contributed by atoms with van der Waals surface area (Å²) >= 11 is 1.46. The van der Waals surface area contributed by atoms with Crippen molar-refractivity contribution in [1.29, 1.82) is 5.26 Å². The number of hydrogen-bond acceptors (Lipinski definition) is 5. The molecule has 1 aliphatic rings. The number of H-pyrrole nitrogens is 1. The van der Waals surface area contributed by atoms with E-state index in [0.29, 0.717) is 0 Å². The molecule has 3 aromatic heterocycles. The molecular formula is C32H38N5SY-. The first kappa shape index (κ1) is 32.6. The minimum Gasteiger partial charge on any atom is -0.371 e. The minimum absolute atomic E-state index is 0. The molecule has 5 nitrogen and oxygen atoms in total. The van der Waals surface area contributed by atoms with E-state index >= 15 is 0 Å². The summed E-state index contributed by atoms with van der Waals surface area (Å²) in [4.78, 5) is 14.8. The van der Waals surface area contributed by atoms with Gasteiger partial charge in [-0.3, -0.25) is 4.98 Å². The van der Waals surface area contributed by atoms with Crippen molar-refractivity contribution in [3.63, 3.8) is 0 Å². The first-order valence-electron chi connectivity index (χ1n) is 13.4. The van der Waals surface area contributed by atoms with Crippen LogP contribution >= 0.6 is 11.3 Å². The molecule has 7 heteroatoms. The number of hydrogen-bond donors (Lipinski definition) is 1. The Morgan fingerprint density at radius 2 is 1.95 bits per heavy atom. The van der Waals surface area contributed by atoms with Gasteiger partial charge in [-0.25, -0.2) is 0 Å². The van der Waals surface area contributed by atoms with E-state index < -0.39 is 0 Å². The van der Waals surface area contributed by atoms with E-state index in [-0.39, 0.29) is 32.7 Å². The number of nitriles is 1. The van der Waals surface area contributed by atoms with Crippen molar-refractivity contribution in [2.75, 3.05) is 13.1 Å². The Balaban J connectivity index is 0.00000174. The van der Waals surface area contributed by atoms with Crippen LogP contribution in [-0.2, 0) is 39.1 Å². The fourth-order valence-electron chi connectivity index (χ4n) is 4.83. The van der Waals surface area contributed by atoms with Gasteiger partial charge >= 0.3 is 0 Å². The van der Waals surface area contributed by atoms with Gasteiger partial charge in [0, 0.05) is 80.5 Å². The van der Waals surface area contributed by atoms with Crippen LogP contribution in [0.4, 0.5) is 0 Å². The van der Waals surface area contributed by atoms with Gasteiger partial charge in [0.1, 0.15) is 0 Å². The molecule has 0 spiro atoms. The zero-order chi connectivity index (χ0) is 27.7. The SMILES string of the molecule is C=C(C(=C)N1CCC(=C(C#N)C(/C=C\C)=C/CC)CC1)c1c[nH]c2c(-c3nc[c-]s3)ncc(CC)c12.CC.[Y]. The van der Waals surface area contributed by atoms with Gasteiger partial charge in [0.05, 0.1) is 17.2 Å². The van der Waals surface area contributed by atoms with Crippen LogP contribution in [0.2, 0.25) is 0 Å². The molecule has 39 heavy (non-hydrogen) atoms. The van der Waals surface area contributed by atoms with E-state index in [0.717, 1.165) is 88.4 Å². The summed E-state index contributed by atoms with van der Waals surface area (Å²) in [6.45, 7) is 20.8. The quantitative estimate of drug-likeness (QED) is 0.157. The standard InChI is InChI=1S/C30H32N5S.C2H6.Y/c1-6-9-23(10-7-2)25(17-31)24-11-14-35(15-12-24)21(5)20(4)26-19-34-28-27(26)22(8-3)18-33-29(28)30-32-13-16-36-30;1-2;/h6,9-10,13,18-19,34H,4-5,7-8,11-12,14-15H2,1-3H3;1-2H3;/q-1;;/b9-6-,23-10+;;. The second kappa shape index (κ2) is 15.9. The van der Waals surface area contributed by atoms with Crippen LogP contribution in [0.15, 0.2) is 72.4 Å². The normalized spacial score (nSPS) is 13.5. The summed E-state index contributed by atoms with van der Waals surface area (Å²) in [5.74, 6) is 0. The van der Waals surface area contributed by atoms with E-state index in [9.17, 15) is 5.26 Å². The maximum Gasteiger partial charge on any atom is 0.0997 e. The van der Waals surface area contributed by atoms with Crippen LogP contribution in [0.3, 0.4) is 0 Å². The Kier molecular flexibility index (Phi) is 13.3. The molecule has 0 atom stereocenters. The number of rotatable bonds is 8. The summed E-state index contributed by atoms with van der Waals surface area (Å²) in [6, 6.07) is 2.47. The molecule has 201 valence electrons. The maximum absolute atomic E-state index is 9.89. The topological polar surface area (TPSA) is 68.6 Å². The van der Waals surface area contributed by atoms with Gasteiger partial charge in [-0.05, 0) is 59.9 Å². The average Bonchev–Trinajstić information content (AvgIpc) is 3.65. The molecule has 0 aromatic carbocycles. The third kappa shape index (κ3) is 7.14. The molecule has 0 saturated carbocycles. The Morgan fingerprint density at radius 1 is 1.23 bits per heavy atom. The number of fused-ring (bicyclic) bond motifs is 1. The molecule has 1 aliphatic heterocycles. The number of aromatic nitrogens is 3. The molecule has 3 aromatic rings. The first-order chi connectivity index (χ1) is 18.5. The number of nitrogens with zero attached hydrogens (tertiary/aromatic N) is 4. The van der Waals surface area contributed by atoms with Gasteiger partial charge in [-0.1, -0.05) is 65.3 Å². The van der Waals surface area contributed by atoms with E-state index in [1.54, 1.807) is 6.20 Å². The van der Waals surface area contributed by atoms with Crippen LogP contribution in [-0.4, -0.2) is 32.9 Å². The predicted octanol–water partition coefficient (Wildman–Crippen LogP) is 8.43. The van der Waals surface area contributed by atoms with Crippen LogP contribution < -0.4 is 0 Å². The molecule has 0 bridgehead atoms. The Bertz CT molecular complexity index is 1410. The third-order valence-corrected chi connectivity index (χ3v) is 7.42. The third-order valence-electron chi connectivity index (χ3n) is 6.71. The summed E-state index contributed by atoms with van der Waals surface area (Å²) in [7, 11) is 0. The predicted molar refractivity (Wildman–Crippen MR) is 162 cm³/mol. The zero-order valence-electron chi connectivity index (χ0n) is 23.9. The summed E-state index contributed by atoms with van der Waals surface area (Å²) in [5.41, 5.74) is 8.95. The summed E-state index contributed by atoms with van der Waals surface area (Å²) < 4.78 is 0. The van der Waals surface area contributed by atoms with Gasteiger partial charge in [-0.15, -0.1) is 0 Å². The van der Waals surface area contributed by atoms with E-state index in [4.69, 9.17) is 4.98 Å². The number of allylic oxidation sites excluding steroid dienone is 6.